The minimum atomic E-state index is -4.46. The fourth-order valence-electron chi connectivity index (χ4n) is 6.22. The van der Waals surface area contributed by atoms with Gasteiger partial charge in [0.2, 0.25) is 5.91 Å². The second kappa shape index (κ2) is 9.95. The molecule has 2 saturated heterocycles. The van der Waals surface area contributed by atoms with Crippen LogP contribution in [0.15, 0.2) is 24.5 Å². The molecule has 1 atom stereocenters. The van der Waals surface area contributed by atoms with Gasteiger partial charge in [0.1, 0.15) is 12.1 Å². The molecule has 5 rings (SSSR count). The maximum Gasteiger partial charge on any atom is 0.416 e. The van der Waals surface area contributed by atoms with E-state index in [1.807, 2.05) is 11.9 Å². The van der Waals surface area contributed by atoms with E-state index in [1.54, 1.807) is 0 Å². The van der Waals surface area contributed by atoms with E-state index in [-0.39, 0.29) is 29.4 Å². The molecule has 2 aromatic rings. The lowest BCUT2D eigenvalue weighted by Crippen LogP contribution is -2.54. The molecule has 7 nitrogen and oxygen atoms in total. The third-order valence-corrected chi connectivity index (χ3v) is 8.26. The number of nitrogens with zero attached hydrogens (tertiary/aromatic N) is 4. The summed E-state index contributed by atoms with van der Waals surface area (Å²) in [7, 11) is 1.94. The normalized spacial score (nSPS) is 25.8. The third kappa shape index (κ3) is 5.19. The molecule has 2 aliphatic heterocycles. The topological polar surface area (TPSA) is 78.4 Å². The first-order valence-corrected chi connectivity index (χ1v) is 12.8. The molecule has 1 aromatic carbocycles. The number of hydrogen-bond donors (Lipinski definition) is 1. The zero-order valence-electron chi connectivity index (χ0n) is 20.4. The summed E-state index contributed by atoms with van der Waals surface area (Å²) >= 11 is 0. The van der Waals surface area contributed by atoms with Crippen molar-refractivity contribution < 1.29 is 22.8 Å². The predicted molar refractivity (Wildman–Crippen MR) is 129 cm³/mol. The molecule has 1 saturated carbocycles. The molecule has 10 heteroatoms. The molecule has 3 aliphatic rings. The van der Waals surface area contributed by atoms with Gasteiger partial charge in [-0.1, -0.05) is 0 Å². The Hall–Kier alpha value is -2.75. The number of ketones is 1. The molecule has 1 aliphatic carbocycles. The van der Waals surface area contributed by atoms with Gasteiger partial charge in [-0.2, -0.15) is 13.2 Å². The van der Waals surface area contributed by atoms with E-state index < -0.39 is 11.7 Å². The monoisotopic (exact) mass is 503 g/mol. The highest BCUT2D eigenvalue weighted by Crippen LogP contribution is 2.38. The zero-order chi connectivity index (χ0) is 25.4. The van der Waals surface area contributed by atoms with Crippen molar-refractivity contribution >= 4 is 28.4 Å². The van der Waals surface area contributed by atoms with Crippen LogP contribution in [0.25, 0.3) is 10.9 Å². The van der Waals surface area contributed by atoms with E-state index >= 15 is 0 Å². The number of benzene rings is 1. The highest BCUT2D eigenvalue weighted by Gasteiger charge is 2.39. The van der Waals surface area contributed by atoms with Gasteiger partial charge < -0.3 is 10.2 Å². The minimum absolute atomic E-state index is 0.0241. The molecule has 1 aromatic heterocycles. The van der Waals surface area contributed by atoms with Gasteiger partial charge >= 0.3 is 6.18 Å². The molecule has 1 N–H and O–H groups in total. The van der Waals surface area contributed by atoms with Crippen molar-refractivity contribution in [2.24, 2.45) is 11.8 Å². The Bertz CT molecular complexity index is 1130. The van der Waals surface area contributed by atoms with Crippen LogP contribution in [0.4, 0.5) is 19.0 Å². The molecule has 1 unspecified atom stereocenters. The van der Waals surface area contributed by atoms with Gasteiger partial charge in [-0.25, -0.2) is 9.97 Å². The van der Waals surface area contributed by atoms with E-state index in [0.29, 0.717) is 42.3 Å². The molecule has 3 fully saturated rings. The van der Waals surface area contributed by atoms with Crippen LogP contribution in [0.5, 0.6) is 0 Å². The highest BCUT2D eigenvalue weighted by atomic mass is 19.4. The summed E-state index contributed by atoms with van der Waals surface area (Å²) in [5.74, 6) is 1.45. The molecule has 194 valence electrons. The molecule has 1 amide bonds. The van der Waals surface area contributed by atoms with E-state index in [0.717, 1.165) is 57.3 Å². The van der Waals surface area contributed by atoms with Gasteiger partial charge in [0.15, 0.2) is 5.78 Å². The smallest absolute Gasteiger partial charge is 0.362 e. The van der Waals surface area contributed by atoms with E-state index in [1.165, 1.54) is 12.4 Å². The van der Waals surface area contributed by atoms with Gasteiger partial charge in [0.25, 0.3) is 0 Å². The Morgan fingerprint density at radius 3 is 2.53 bits per heavy atom. The summed E-state index contributed by atoms with van der Waals surface area (Å²) in [6.07, 6.45) is 3.53. The summed E-state index contributed by atoms with van der Waals surface area (Å²) in [6.45, 7) is 1.85. The first-order valence-electron chi connectivity index (χ1n) is 12.8. The van der Waals surface area contributed by atoms with E-state index in [2.05, 4.69) is 20.2 Å². The van der Waals surface area contributed by atoms with Gasteiger partial charge in [-0.15, -0.1) is 0 Å². The number of carbonyl (C=O) groups is 2. The summed E-state index contributed by atoms with van der Waals surface area (Å²) in [4.78, 5) is 36.9. The molecule has 36 heavy (non-hydrogen) atoms. The second-order valence-electron chi connectivity index (χ2n) is 10.5. The molecular weight excluding hydrogens is 471 g/mol. The molecule has 0 radical (unpaired) electrons. The van der Waals surface area contributed by atoms with Crippen LogP contribution in [0, 0.1) is 11.8 Å². The molecule has 0 bridgehead atoms. The summed E-state index contributed by atoms with van der Waals surface area (Å²) in [6, 6.07) is 4.29. The zero-order valence-corrected chi connectivity index (χ0v) is 20.4. The number of alkyl halides is 3. The van der Waals surface area contributed by atoms with Gasteiger partial charge in [0, 0.05) is 50.4 Å². The van der Waals surface area contributed by atoms with Crippen molar-refractivity contribution in [3.63, 3.8) is 0 Å². The van der Waals surface area contributed by atoms with Crippen molar-refractivity contribution in [1.29, 1.82) is 0 Å². The minimum Gasteiger partial charge on any atom is -0.362 e. The average molecular weight is 504 g/mol. The van der Waals surface area contributed by atoms with Crippen LogP contribution < -0.4 is 5.32 Å². The van der Waals surface area contributed by atoms with Crippen molar-refractivity contribution in [3.05, 3.63) is 30.1 Å². The van der Waals surface area contributed by atoms with Crippen molar-refractivity contribution in [2.45, 2.75) is 63.2 Å². The lowest BCUT2D eigenvalue weighted by molar-refractivity contribution is -0.137. The quantitative estimate of drug-likeness (QED) is 0.612. The Kier molecular flexibility index (Phi) is 6.89. The number of anilines is 1. The van der Waals surface area contributed by atoms with Crippen LogP contribution in [0.1, 0.15) is 50.5 Å². The first-order chi connectivity index (χ1) is 17.2. The average Bonchev–Trinajstić information content (AvgIpc) is 3.17. The second-order valence-corrected chi connectivity index (χ2v) is 10.5. The Balaban J connectivity index is 1.07. The van der Waals surface area contributed by atoms with Gasteiger partial charge in [-0.05, 0) is 62.1 Å². The number of carbonyl (C=O) groups excluding carboxylic acids is 2. The van der Waals surface area contributed by atoms with Gasteiger partial charge in [-0.3, -0.25) is 14.5 Å². The Labute approximate surface area is 208 Å². The van der Waals surface area contributed by atoms with Gasteiger partial charge in [0.05, 0.1) is 17.6 Å². The number of aromatic nitrogens is 2. The molecular formula is C26H32F3N5O2. The number of likely N-dealkylation sites (tertiary alicyclic amines) is 2. The Morgan fingerprint density at radius 1 is 1.11 bits per heavy atom. The summed E-state index contributed by atoms with van der Waals surface area (Å²) < 4.78 is 39.3. The lowest BCUT2D eigenvalue weighted by Gasteiger charge is -2.47. The summed E-state index contributed by atoms with van der Waals surface area (Å²) in [5, 5.41) is 3.17. The first kappa shape index (κ1) is 24.9. The SMILES string of the molecule is CN1C(=O)CCC1C1CCC(N2CC(CC(=O)CNc3ncnc4ccc(C(F)(F)F)cc34)C2)CC1. The number of hydrogen-bond acceptors (Lipinski definition) is 6. The van der Waals surface area contributed by atoms with Crippen molar-refractivity contribution in [1.82, 2.24) is 19.8 Å². The van der Waals surface area contributed by atoms with E-state index in [9.17, 15) is 22.8 Å². The van der Waals surface area contributed by atoms with Crippen LogP contribution in [0.3, 0.4) is 0 Å². The number of fused-ring (bicyclic) bond motifs is 1. The van der Waals surface area contributed by atoms with Crippen LogP contribution in [-0.2, 0) is 15.8 Å². The van der Waals surface area contributed by atoms with Crippen LogP contribution in [-0.4, -0.2) is 70.2 Å². The lowest BCUT2D eigenvalue weighted by atomic mass is 9.78. The standard InChI is InChI=1S/C26H32F3N5O2/c1-33-23(8-9-24(33)36)17-2-5-19(6-3-17)34-13-16(14-34)10-20(35)12-30-25-21-11-18(26(27,28)29)4-7-22(21)31-15-32-25/h4,7,11,15-17,19,23H,2-3,5-6,8-10,12-14H2,1H3,(H,30,31,32). The van der Waals surface area contributed by atoms with Crippen molar-refractivity contribution in [3.8, 4) is 0 Å². The summed E-state index contributed by atoms with van der Waals surface area (Å²) in [5.41, 5.74) is -0.380. The van der Waals surface area contributed by atoms with Crippen LogP contribution >= 0.6 is 0 Å². The fourth-order valence-corrected chi connectivity index (χ4v) is 6.22. The van der Waals surface area contributed by atoms with Crippen molar-refractivity contribution in [2.75, 3.05) is 32.0 Å². The fraction of sp³-hybridized carbons (Fsp3) is 0.615. The molecule has 0 spiro atoms. The van der Waals surface area contributed by atoms with E-state index in [4.69, 9.17) is 0 Å². The number of amides is 1. The predicted octanol–water partition coefficient (Wildman–Crippen LogP) is 4.13. The number of nitrogens with one attached hydrogen (secondary N) is 1. The maximum atomic E-state index is 13.1. The largest absolute Gasteiger partial charge is 0.416 e. The maximum absolute atomic E-state index is 13.1. The highest BCUT2D eigenvalue weighted by molar-refractivity contribution is 5.91. The number of Topliss-reactive ketones (excluding diaryl/α,β-unsaturated/α-hetero) is 1. The number of rotatable bonds is 7. The van der Waals surface area contributed by atoms with Crippen LogP contribution in [0.2, 0.25) is 0 Å². The Morgan fingerprint density at radius 2 is 1.86 bits per heavy atom. The molecule has 3 heterocycles. The number of halogens is 3. The third-order valence-electron chi connectivity index (χ3n) is 8.26.